The number of carbonyl (C=O) groups is 1. The molecule has 0 aromatic carbocycles. The van der Waals surface area contributed by atoms with Gasteiger partial charge in [-0.25, -0.2) is 9.48 Å². The van der Waals surface area contributed by atoms with Gasteiger partial charge in [0.15, 0.2) is 5.69 Å². The number of esters is 1. The second kappa shape index (κ2) is 4.39. The van der Waals surface area contributed by atoms with E-state index in [9.17, 15) is 4.79 Å². The van der Waals surface area contributed by atoms with Crippen molar-refractivity contribution in [2.75, 3.05) is 19.7 Å². The molecule has 0 bridgehead atoms. The van der Waals surface area contributed by atoms with E-state index < -0.39 is 5.97 Å². The van der Waals surface area contributed by atoms with Gasteiger partial charge in [-0.15, -0.1) is 5.10 Å². The third-order valence-corrected chi connectivity index (χ3v) is 2.40. The van der Waals surface area contributed by atoms with E-state index in [-0.39, 0.29) is 5.69 Å². The maximum Gasteiger partial charge on any atom is 0.360 e. The molecule has 82 valence electrons. The number of rotatable bonds is 3. The summed E-state index contributed by atoms with van der Waals surface area (Å²) in [6.45, 7) is 3.99. The van der Waals surface area contributed by atoms with Crippen LogP contribution in [0.2, 0.25) is 0 Å². The van der Waals surface area contributed by atoms with Gasteiger partial charge in [-0.3, -0.25) is 0 Å². The standard InChI is InChI=1S/C9H14N4O2/c1-2-15-9(14)8-6-13(12-11-8)7-3-4-10-5-7/h6-7,10H,2-5H2,1H3/t7-/m0/s1. The van der Waals surface area contributed by atoms with Crippen LogP contribution < -0.4 is 5.32 Å². The maximum atomic E-state index is 11.3. The Labute approximate surface area is 87.6 Å². The summed E-state index contributed by atoms with van der Waals surface area (Å²) in [7, 11) is 0. The minimum Gasteiger partial charge on any atom is -0.461 e. The summed E-state index contributed by atoms with van der Waals surface area (Å²) >= 11 is 0. The molecule has 0 amide bonds. The average molecular weight is 210 g/mol. The quantitative estimate of drug-likeness (QED) is 0.710. The molecule has 2 rings (SSSR count). The van der Waals surface area contributed by atoms with Gasteiger partial charge >= 0.3 is 5.97 Å². The lowest BCUT2D eigenvalue weighted by Gasteiger charge is -2.05. The first kappa shape index (κ1) is 10.1. The molecule has 0 radical (unpaired) electrons. The van der Waals surface area contributed by atoms with E-state index in [1.165, 1.54) is 0 Å². The highest BCUT2D eigenvalue weighted by molar-refractivity contribution is 5.86. The maximum absolute atomic E-state index is 11.3. The van der Waals surface area contributed by atoms with Crippen LogP contribution in [0.5, 0.6) is 0 Å². The average Bonchev–Trinajstić information content (AvgIpc) is 2.89. The van der Waals surface area contributed by atoms with E-state index in [1.54, 1.807) is 17.8 Å². The van der Waals surface area contributed by atoms with Gasteiger partial charge in [0, 0.05) is 6.54 Å². The van der Waals surface area contributed by atoms with E-state index in [1.807, 2.05) is 0 Å². The molecule has 1 fully saturated rings. The molecule has 1 aliphatic rings. The highest BCUT2D eigenvalue weighted by Crippen LogP contribution is 2.13. The number of hydrogen-bond acceptors (Lipinski definition) is 5. The van der Waals surface area contributed by atoms with Crippen LogP contribution in [0.15, 0.2) is 6.20 Å². The van der Waals surface area contributed by atoms with E-state index in [4.69, 9.17) is 4.74 Å². The highest BCUT2D eigenvalue weighted by atomic mass is 16.5. The fourth-order valence-corrected chi connectivity index (χ4v) is 1.62. The van der Waals surface area contributed by atoms with E-state index in [2.05, 4.69) is 15.6 Å². The summed E-state index contributed by atoms with van der Waals surface area (Å²) < 4.78 is 6.56. The molecule has 1 aromatic rings. The third kappa shape index (κ3) is 2.15. The Kier molecular flexibility index (Phi) is 2.96. The predicted molar refractivity (Wildman–Crippen MR) is 52.5 cm³/mol. The number of ether oxygens (including phenoxy) is 1. The Morgan fingerprint density at radius 1 is 1.80 bits per heavy atom. The van der Waals surface area contributed by atoms with Gasteiger partial charge in [0.05, 0.1) is 18.8 Å². The molecule has 0 aliphatic carbocycles. The molecule has 0 unspecified atom stereocenters. The van der Waals surface area contributed by atoms with Gasteiger partial charge in [-0.05, 0) is 19.9 Å². The van der Waals surface area contributed by atoms with Gasteiger partial charge in [-0.2, -0.15) is 0 Å². The van der Waals surface area contributed by atoms with Gasteiger partial charge in [0.25, 0.3) is 0 Å². The lowest BCUT2D eigenvalue weighted by Crippen LogP contribution is -2.13. The van der Waals surface area contributed by atoms with Gasteiger partial charge in [-0.1, -0.05) is 5.21 Å². The largest absolute Gasteiger partial charge is 0.461 e. The number of aromatic nitrogens is 3. The van der Waals surface area contributed by atoms with Crippen molar-refractivity contribution in [1.29, 1.82) is 0 Å². The van der Waals surface area contributed by atoms with Crippen molar-refractivity contribution in [3.05, 3.63) is 11.9 Å². The highest BCUT2D eigenvalue weighted by Gasteiger charge is 2.19. The van der Waals surface area contributed by atoms with E-state index >= 15 is 0 Å². The molecular weight excluding hydrogens is 196 g/mol. The first-order chi connectivity index (χ1) is 7.31. The Hall–Kier alpha value is -1.43. The minimum absolute atomic E-state index is 0.281. The van der Waals surface area contributed by atoms with Crippen LogP contribution in [-0.4, -0.2) is 40.7 Å². The summed E-state index contributed by atoms with van der Waals surface area (Å²) in [4.78, 5) is 11.3. The number of hydrogen-bond donors (Lipinski definition) is 1. The summed E-state index contributed by atoms with van der Waals surface area (Å²) in [6.07, 6.45) is 2.67. The zero-order valence-corrected chi connectivity index (χ0v) is 8.64. The van der Waals surface area contributed by atoms with Crippen LogP contribution >= 0.6 is 0 Å². The van der Waals surface area contributed by atoms with Gasteiger partial charge in [0.2, 0.25) is 0 Å². The van der Waals surface area contributed by atoms with Crippen molar-refractivity contribution in [2.45, 2.75) is 19.4 Å². The van der Waals surface area contributed by atoms with Gasteiger partial charge < -0.3 is 10.1 Å². The fraction of sp³-hybridized carbons (Fsp3) is 0.667. The molecule has 0 saturated carbocycles. The van der Waals surface area contributed by atoms with Gasteiger partial charge in [0.1, 0.15) is 0 Å². The Balaban J connectivity index is 2.06. The van der Waals surface area contributed by atoms with E-state index in [0.29, 0.717) is 12.6 Å². The summed E-state index contributed by atoms with van der Waals surface area (Å²) in [5.41, 5.74) is 0.281. The molecule has 1 aromatic heterocycles. The van der Waals surface area contributed by atoms with Crippen LogP contribution in [0.4, 0.5) is 0 Å². The second-order valence-electron chi connectivity index (χ2n) is 3.45. The molecule has 1 saturated heterocycles. The molecule has 1 atom stereocenters. The zero-order valence-electron chi connectivity index (χ0n) is 8.64. The normalized spacial score (nSPS) is 20.5. The first-order valence-corrected chi connectivity index (χ1v) is 5.11. The summed E-state index contributed by atoms with van der Waals surface area (Å²) in [5, 5.41) is 10.9. The van der Waals surface area contributed by atoms with Crippen molar-refractivity contribution in [3.8, 4) is 0 Å². The SMILES string of the molecule is CCOC(=O)c1cn([C@H]2CCNC2)nn1. The van der Waals surface area contributed by atoms with Crippen LogP contribution in [0.3, 0.4) is 0 Å². The van der Waals surface area contributed by atoms with Crippen LogP contribution in [-0.2, 0) is 4.74 Å². The molecular formula is C9H14N4O2. The first-order valence-electron chi connectivity index (χ1n) is 5.11. The molecule has 0 spiro atoms. The fourth-order valence-electron chi connectivity index (χ4n) is 1.62. The third-order valence-electron chi connectivity index (χ3n) is 2.40. The number of nitrogens with one attached hydrogen (secondary N) is 1. The monoisotopic (exact) mass is 210 g/mol. The Bertz CT molecular complexity index is 344. The van der Waals surface area contributed by atoms with Crippen molar-refractivity contribution in [2.24, 2.45) is 0 Å². The topological polar surface area (TPSA) is 69.0 Å². The second-order valence-corrected chi connectivity index (χ2v) is 3.45. The van der Waals surface area contributed by atoms with E-state index in [0.717, 1.165) is 19.5 Å². The zero-order chi connectivity index (χ0) is 10.7. The molecule has 1 aliphatic heterocycles. The number of carbonyl (C=O) groups excluding carboxylic acids is 1. The van der Waals surface area contributed by atoms with Crippen molar-refractivity contribution in [3.63, 3.8) is 0 Å². The molecule has 1 N–H and O–H groups in total. The lowest BCUT2D eigenvalue weighted by molar-refractivity contribution is 0.0519. The van der Waals surface area contributed by atoms with Crippen LogP contribution in [0, 0.1) is 0 Å². The van der Waals surface area contributed by atoms with Crippen LogP contribution in [0.1, 0.15) is 29.9 Å². The Morgan fingerprint density at radius 2 is 2.67 bits per heavy atom. The number of nitrogens with zero attached hydrogens (tertiary/aromatic N) is 3. The van der Waals surface area contributed by atoms with Crippen LogP contribution in [0.25, 0.3) is 0 Å². The predicted octanol–water partition coefficient (Wildman–Crippen LogP) is -0.0108. The smallest absolute Gasteiger partial charge is 0.360 e. The molecule has 15 heavy (non-hydrogen) atoms. The minimum atomic E-state index is -0.408. The summed E-state index contributed by atoms with van der Waals surface area (Å²) in [6, 6.07) is 0.306. The molecule has 6 heteroatoms. The molecule has 2 heterocycles. The lowest BCUT2D eigenvalue weighted by atomic mass is 10.3. The van der Waals surface area contributed by atoms with Crippen molar-refractivity contribution >= 4 is 5.97 Å². The Morgan fingerprint density at radius 3 is 3.33 bits per heavy atom. The van der Waals surface area contributed by atoms with Crippen molar-refractivity contribution < 1.29 is 9.53 Å². The molecule has 6 nitrogen and oxygen atoms in total. The summed E-state index contributed by atoms with van der Waals surface area (Å²) in [5.74, 6) is -0.408. The van der Waals surface area contributed by atoms with Crippen molar-refractivity contribution in [1.82, 2.24) is 20.3 Å².